The Labute approximate surface area is 115 Å². The van der Waals surface area contributed by atoms with Crippen LogP contribution in [0.2, 0.25) is 0 Å². The summed E-state index contributed by atoms with van der Waals surface area (Å²) in [5.41, 5.74) is 0. The Balaban J connectivity index is 2.42. The van der Waals surface area contributed by atoms with Crippen LogP contribution in [0, 0.1) is 17.8 Å². The molecule has 1 aliphatic carbocycles. The van der Waals surface area contributed by atoms with Gasteiger partial charge in [0.05, 0.1) is 5.92 Å². The first kappa shape index (κ1) is 15.8. The van der Waals surface area contributed by atoms with Gasteiger partial charge in [-0.25, -0.2) is 4.79 Å². The summed E-state index contributed by atoms with van der Waals surface area (Å²) < 4.78 is 0. The van der Waals surface area contributed by atoms with Gasteiger partial charge in [0.25, 0.3) is 0 Å². The fraction of sp³-hybridized carbons (Fsp3) is 0.857. The average Bonchev–Trinajstić information content (AvgIpc) is 2.81. The second-order valence-electron chi connectivity index (χ2n) is 5.75. The van der Waals surface area contributed by atoms with Crippen molar-refractivity contribution in [2.75, 3.05) is 19.6 Å². The molecule has 0 heterocycles. The van der Waals surface area contributed by atoms with Gasteiger partial charge in [0, 0.05) is 19.6 Å². The zero-order valence-corrected chi connectivity index (χ0v) is 12.2. The monoisotopic (exact) mass is 270 g/mol. The molecule has 110 valence electrons. The van der Waals surface area contributed by atoms with Gasteiger partial charge in [-0.1, -0.05) is 20.3 Å². The standard InChI is InChI=1S/C14H26N2O3/c1-4-16(9-10(2)3)14(19)15-8-11-6-5-7-12(11)13(17)18/h10-12H,4-9H2,1-3H3,(H,15,19)(H,17,18). The smallest absolute Gasteiger partial charge is 0.317 e. The normalized spacial score (nSPS) is 22.5. The van der Waals surface area contributed by atoms with E-state index in [4.69, 9.17) is 5.11 Å². The van der Waals surface area contributed by atoms with Crippen LogP contribution in [0.1, 0.15) is 40.0 Å². The van der Waals surface area contributed by atoms with Crippen LogP contribution in [0.5, 0.6) is 0 Å². The molecular formula is C14H26N2O3. The molecule has 2 amide bonds. The molecule has 0 aromatic heterocycles. The number of carbonyl (C=O) groups is 2. The van der Waals surface area contributed by atoms with Crippen LogP contribution < -0.4 is 5.32 Å². The zero-order chi connectivity index (χ0) is 14.4. The van der Waals surface area contributed by atoms with Crippen molar-refractivity contribution in [3.05, 3.63) is 0 Å². The number of urea groups is 1. The molecule has 0 bridgehead atoms. The molecule has 0 spiro atoms. The van der Waals surface area contributed by atoms with Gasteiger partial charge in [0.1, 0.15) is 0 Å². The second-order valence-corrected chi connectivity index (χ2v) is 5.75. The predicted molar refractivity (Wildman–Crippen MR) is 74.0 cm³/mol. The number of nitrogens with one attached hydrogen (secondary N) is 1. The largest absolute Gasteiger partial charge is 0.481 e. The molecule has 2 unspecified atom stereocenters. The molecule has 1 aliphatic rings. The third-order valence-electron chi connectivity index (χ3n) is 3.75. The quantitative estimate of drug-likeness (QED) is 0.777. The molecule has 2 N–H and O–H groups in total. The van der Waals surface area contributed by atoms with E-state index >= 15 is 0 Å². The van der Waals surface area contributed by atoms with Crippen molar-refractivity contribution in [1.29, 1.82) is 0 Å². The number of hydrogen-bond donors (Lipinski definition) is 2. The number of aliphatic carboxylic acids is 1. The van der Waals surface area contributed by atoms with E-state index in [9.17, 15) is 9.59 Å². The predicted octanol–water partition coefficient (Wildman–Crippen LogP) is 2.17. The number of amides is 2. The first-order chi connectivity index (χ1) is 8.95. The second kappa shape index (κ2) is 7.36. The number of rotatable bonds is 6. The van der Waals surface area contributed by atoms with Gasteiger partial charge in [0.15, 0.2) is 0 Å². The SMILES string of the molecule is CCN(CC(C)C)C(=O)NCC1CCCC1C(=O)O. The van der Waals surface area contributed by atoms with E-state index in [1.807, 2.05) is 6.92 Å². The third-order valence-corrected chi connectivity index (χ3v) is 3.75. The molecule has 1 rings (SSSR count). The van der Waals surface area contributed by atoms with Gasteiger partial charge >= 0.3 is 12.0 Å². The molecule has 5 heteroatoms. The van der Waals surface area contributed by atoms with Crippen molar-refractivity contribution < 1.29 is 14.7 Å². The van der Waals surface area contributed by atoms with Crippen LogP contribution >= 0.6 is 0 Å². The summed E-state index contributed by atoms with van der Waals surface area (Å²) in [6.45, 7) is 8.00. The van der Waals surface area contributed by atoms with Crippen molar-refractivity contribution in [1.82, 2.24) is 10.2 Å². The minimum Gasteiger partial charge on any atom is -0.481 e. The Bertz CT molecular complexity index is 318. The fourth-order valence-electron chi connectivity index (χ4n) is 2.73. The topological polar surface area (TPSA) is 69.6 Å². The van der Waals surface area contributed by atoms with Crippen molar-refractivity contribution in [3.63, 3.8) is 0 Å². The molecule has 2 atom stereocenters. The minimum atomic E-state index is -0.730. The van der Waals surface area contributed by atoms with Crippen LogP contribution in [0.4, 0.5) is 4.79 Å². The van der Waals surface area contributed by atoms with Crippen molar-refractivity contribution >= 4 is 12.0 Å². The van der Waals surface area contributed by atoms with E-state index in [1.165, 1.54) is 0 Å². The number of carbonyl (C=O) groups excluding carboxylic acids is 1. The molecule has 1 saturated carbocycles. The Morgan fingerprint density at radius 2 is 2.05 bits per heavy atom. The Morgan fingerprint density at radius 3 is 2.58 bits per heavy atom. The lowest BCUT2D eigenvalue weighted by molar-refractivity contribution is -0.142. The molecule has 0 saturated heterocycles. The van der Waals surface area contributed by atoms with Crippen molar-refractivity contribution in [3.8, 4) is 0 Å². The molecule has 19 heavy (non-hydrogen) atoms. The zero-order valence-electron chi connectivity index (χ0n) is 12.2. The van der Waals surface area contributed by atoms with Crippen molar-refractivity contribution in [2.45, 2.75) is 40.0 Å². The van der Waals surface area contributed by atoms with Gasteiger partial charge in [-0.2, -0.15) is 0 Å². The fourth-order valence-corrected chi connectivity index (χ4v) is 2.73. The Kier molecular flexibility index (Phi) is 6.12. The highest BCUT2D eigenvalue weighted by atomic mass is 16.4. The molecule has 0 aromatic carbocycles. The summed E-state index contributed by atoms with van der Waals surface area (Å²) in [7, 11) is 0. The summed E-state index contributed by atoms with van der Waals surface area (Å²) in [5, 5.41) is 12.0. The third kappa shape index (κ3) is 4.73. The van der Waals surface area contributed by atoms with E-state index in [0.717, 1.165) is 25.8 Å². The lowest BCUT2D eigenvalue weighted by atomic mass is 9.96. The molecule has 5 nitrogen and oxygen atoms in total. The summed E-state index contributed by atoms with van der Waals surface area (Å²) in [4.78, 5) is 24.9. The van der Waals surface area contributed by atoms with Crippen LogP contribution in [0.25, 0.3) is 0 Å². The summed E-state index contributed by atoms with van der Waals surface area (Å²) in [6.07, 6.45) is 2.58. The average molecular weight is 270 g/mol. The van der Waals surface area contributed by atoms with Crippen LogP contribution in [0.15, 0.2) is 0 Å². The van der Waals surface area contributed by atoms with Crippen LogP contribution in [-0.2, 0) is 4.79 Å². The Hall–Kier alpha value is -1.26. The molecule has 0 radical (unpaired) electrons. The van der Waals surface area contributed by atoms with Gasteiger partial charge < -0.3 is 15.3 Å². The van der Waals surface area contributed by atoms with Gasteiger partial charge in [-0.15, -0.1) is 0 Å². The van der Waals surface area contributed by atoms with Crippen LogP contribution in [0.3, 0.4) is 0 Å². The number of nitrogens with zero attached hydrogens (tertiary/aromatic N) is 1. The number of hydrogen-bond acceptors (Lipinski definition) is 2. The maximum Gasteiger partial charge on any atom is 0.317 e. The summed E-state index contributed by atoms with van der Waals surface area (Å²) in [6, 6.07) is -0.0766. The molecule has 0 aromatic rings. The highest BCUT2D eigenvalue weighted by Gasteiger charge is 2.33. The number of carboxylic acid groups (broad SMARTS) is 1. The van der Waals surface area contributed by atoms with E-state index in [2.05, 4.69) is 19.2 Å². The maximum absolute atomic E-state index is 12.0. The minimum absolute atomic E-state index is 0.0766. The molecule has 0 aliphatic heterocycles. The van der Waals surface area contributed by atoms with Crippen molar-refractivity contribution in [2.24, 2.45) is 17.8 Å². The van der Waals surface area contributed by atoms with E-state index in [1.54, 1.807) is 4.90 Å². The van der Waals surface area contributed by atoms with E-state index in [0.29, 0.717) is 19.0 Å². The van der Waals surface area contributed by atoms with Gasteiger partial charge in [0.2, 0.25) is 0 Å². The maximum atomic E-state index is 12.0. The summed E-state index contributed by atoms with van der Waals surface area (Å²) >= 11 is 0. The lowest BCUT2D eigenvalue weighted by Gasteiger charge is -2.25. The lowest BCUT2D eigenvalue weighted by Crippen LogP contribution is -2.44. The molecular weight excluding hydrogens is 244 g/mol. The first-order valence-electron chi connectivity index (χ1n) is 7.21. The highest BCUT2D eigenvalue weighted by Crippen LogP contribution is 2.31. The Morgan fingerprint density at radius 1 is 1.37 bits per heavy atom. The highest BCUT2D eigenvalue weighted by molar-refractivity contribution is 5.74. The number of carboxylic acids is 1. The van der Waals surface area contributed by atoms with Gasteiger partial charge in [-0.05, 0) is 31.6 Å². The summed E-state index contributed by atoms with van der Waals surface area (Å²) in [5.74, 6) is -0.505. The first-order valence-corrected chi connectivity index (χ1v) is 7.21. The molecule has 1 fully saturated rings. The van der Waals surface area contributed by atoms with E-state index < -0.39 is 5.97 Å². The van der Waals surface area contributed by atoms with E-state index in [-0.39, 0.29) is 17.9 Å². The van der Waals surface area contributed by atoms with Crippen LogP contribution in [-0.4, -0.2) is 41.6 Å². The van der Waals surface area contributed by atoms with Gasteiger partial charge in [-0.3, -0.25) is 4.79 Å².